The fraction of sp³-hybridized carbons (Fsp3) is 0.478. The van der Waals surface area contributed by atoms with Gasteiger partial charge in [0.15, 0.2) is 0 Å². The summed E-state index contributed by atoms with van der Waals surface area (Å²) in [5, 5.41) is 3.76. The average molecular weight is 349 g/mol. The van der Waals surface area contributed by atoms with Crippen LogP contribution in [0.2, 0.25) is 0 Å². The van der Waals surface area contributed by atoms with Crippen LogP contribution in [0.1, 0.15) is 55.7 Å². The third-order valence-electron chi connectivity index (χ3n) is 6.76. The predicted molar refractivity (Wildman–Crippen MR) is 104 cm³/mol. The minimum atomic E-state index is -0.194. The molecule has 1 saturated heterocycles. The van der Waals surface area contributed by atoms with Gasteiger partial charge in [-0.25, -0.2) is 0 Å². The maximum absolute atomic E-state index is 6.70. The van der Waals surface area contributed by atoms with Gasteiger partial charge in [-0.05, 0) is 48.4 Å². The maximum atomic E-state index is 6.70. The minimum absolute atomic E-state index is 0.194. The molecule has 136 valence electrons. The van der Waals surface area contributed by atoms with Crippen LogP contribution in [0.3, 0.4) is 0 Å². The lowest BCUT2D eigenvalue weighted by atomic mass is 9.72. The normalized spacial score (nSPS) is 28.9. The van der Waals surface area contributed by atoms with E-state index in [1.807, 2.05) is 6.07 Å². The molecule has 1 saturated carbocycles. The monoisotopic (exact) mass is 349 g/mol. The number of fused-ring (bicyclic) bond motifs is 2. The molecule has 2 aromatic carbocycles. The van der Waals surface area contributed by atoms with Crippen molar-refractivity contribution in [3.05, 3.63) is 59.7 Å². The molecule has 3 heteroatoms. The van der Waals surface area contributed by atoms with E-state index in [0.717, 1.165) is 25.2 Å². The highest BCUT2D eigenvalue weighted by Crippen LogP contribution is 2.59. The van der Waals surface area contributed by atoms with Crippen molar-refractivity contribution in [2.75, 3.05) is 19.0 Å². The standard InChI is InChI=1S/C23H27NO2/c1-25-18-9-10-20-19(13-18)23(15-22(16-26-23)11-5-6-12-22)14-21(24-20)17-7-3-2-4-8-17/h2-4,7-10,13,21,24H,5-6,11-12,14-16H2,1H3/t21?,23-/m0/s1. The van der Waals surface area contributed by atoms with Crippen LogP contribution in [-0.2, 0) is 10.3 Å². The van der Waals surface area contributed by atoms with E-state index < -0.39 is 0 Å². The Balaban J connectivity index is 1.58. The summed E-state index contributed by atoms with van der Waals surface area (Å²) in [7, 11) is 1.74. The Kier molecular flexibility index (Phi) is 3.75. The molecule has 5 rings (SSSR count). The number of nitrogens with one attached hydrogen (secondary N) is 1. The van der Waals surface area contributed by atoms with Gasteiger partial charge in [0.05, 0.1) is 25.4 Å². The second-order valence-electron chi connectivity index (χ2n) is 8.39. The smallest absolute Gasteiger partial charge is 0.119 e. The van der Waals surface area contributed by atoms with E-state index in [1.54, 1.807) is 7.11 Å². The fourth-order valence-electron chi connectivity index (χ4n) is 5.47. The molecule has 0 amide bonds. The van der Waals surface area contributed by atoms with Crippen LogP contribution in [-0.4, -0.2) is 13.7 Å². The van der Waals surface area contributed by atoms with E-state index in [4.69, 9.17) is 9.47 Å². The second kappa shape index (κ2) is 6.02. The third-order valence-corrected chi connectivity index (χ3v) is 6.76. The van der Waals surface area contributed by atoms with Crippen molar-refractivity contribution in [3.63, 3.8) is 0 Å². The molecule has 2 heterocycles. The molecule has 3 aliphatic rings. The van der Waals surface area contributed by atoms with Crippen LogP contribution < -0.4 is 10.1 Å². The number of methoxy groups -OCH3 is 1. The van der Waals surface area contributed by atoms with Gasteiger partial charge in [0, 0.05) is 17.7 Å². The molecule has 0 bridgehead atoms. The molecule has 1 aliphatic carbocycles. The lowest BCUT2D eigenvalue weighted by Crippen LogP contribution is -2.36. The van der Waals surface area contributed by atoms with Crippen molar-refractivity contribution in [1.82, 2.24) is 0 Å². The molecule has 2 atom stereocenters. The molecule has 0 radical (unpaired) electrons. The Labute approximate surface area is 155 Å². The summed E-state index contributed by atoms with van der Waals surface area (Å²) in [6.07, 6.45) is 7.47. The van der Waals surface area contributed by atoms with Crippen LogP contribution in [0, 0.1) is 5.41 Å². The summed E-state index contributed by atoms with van der Waals surface area (Å²) in [5.74, 6) is 0.916. The Bertz CT molecular complexity index is 797. The predicted octanol–water partition coefficient (Wildman–Crippen LogP) is 5.43. The van der Waals surface area contributed by atoms with Crippen molar-refractivity contribution in [3.8, 4) is 5.75 Å². The zero-order valence-electron chi connectivity index (χ0n) is 15.5. The van der Waals surface area contributed by atoms with Crippen LogP contribution >= 0.6 is 0 Å². The first-order valence-electron chi connectivity index (χ1n) is 9.86. The first-order chi connectivity index (χ1) is 12.7. The molecular formula is C23H27NO2. The van der Waals surface area contributed by atoms with E-state index in [0.29, 0.717) is 5.41 Å². The molecular weight excluding hydrogens is 322 g/mol. The number of hydrogen-bond acceptors (Lipinski definition) is 3. The highest BCUT2D eigenvalue weighted by Gasteiger charge is 2.54. The quantitative estimate of drug-likeness (QED) is 0.784. The topological polar surface area (TPSA) is 30.5 Å². The first-order valence-corrected chi connectivity index (χ1v) is 9.86. The van der Waals surface area contributed by atoms with Crippen molar-refractivity contribution >= 4 is 5.69 Å². The molecule has 2 aromatic rings. The highest BCUT2D eigenvalue weighted by molar-refractivity contribution is 5.61. The van der Waals surface area contributed by atoms with Crippen molar-refractivity contribution in [2.24, 2.45) is 5.41 Å². The Morgan fingerprint density at radius 3 is 2.65 bits per heavy atom. The second-order valence-corrected chi connectivity index (χ2v) is 8.39. The molecule has 1 N–H and O–H groups in total. The third kappa shape index (κ3) is 2.52. The number of ether oxygens (including phenoxy) is 2. The number of benzene rings is 2. The summed E-state index contributed by atoms with van der Waals surface area (Å²) >= 11 is 0. The van der Waals surface area contributed by atoms with Gasteiger partial charge >= 0.3 is 0 Å². The summed E-state index contributed by atoms with van der Waals surface area (Å²) in [6.45, 7) is 0.908. The van der Waals surface area contributed by atoms with Crippen LogP contribution in [0.15, 0.2) is 48.5 Å². The molecule has 2 spiro atoms. The SMILES string of the molecule is COc1ccc2c(c1)[C@]1(CC(c3ccccc3)N2)CC2(CCCC2)CO1. The summed E-state index contributed by atoms with van der Waals surface area (Å²) < 4.78 is 12.2. The van der Waals surface area contributed by atoms with Gasteiger partial charge in [0.25, 0.3) is 0 Å². The summed E-state index contributed by atoms with van der Waals surface area (Å²) in [4.78, 5) is 0. The minimum Gasteiger partial charge on any atom is -0.497 e. The van der Waals surface area contributed by atoms with Gasteiger partial charge in [-0.2, -0.15) is 0 Å². The average Bonchev–Trinajstić information content (AvgIpc) is 3.30. The zero-order chi connectivity index (χ0) is 17.6. The van der Waals surface area contributed by atoms with Crippen molar-refractivity contribution in [1.29, 1.82) is 0 Å². The fourth-order valence-corrected chi connectivity index (χ4v) is 5.47. The number of hydrogen-bond donors (Lipinski definition) is 1. The van der Waals surface area contributed by atoms with Crippen LogP contribution in [0.25, 0.3) is 0 Å². The maximum Gasteiger partial charge on any atom is 0.119 e. The van der Waals surface area contributed by atoms with Crippen LogP contribution in [0.5, 0.6) is 5.75 Å². The largest absolute Gasteiger partial charge is 0.497 e. The van der Waals surface area contributed by atoms with E-state index in [9.17, 15) is 0 Å². The molecule has 3 nitrogen and oxygen atoms in total. The van der Waals surface area contributed by atoms with Gasteiger partial charge in [0.1, 0.15) is 5.75 Å². The van der Waals surface area contributed by atoms with Crippen LogP contribution in [0.4, 0.5) is 5.69 Å². The lowest BCUT2D eigenvalue weighted by Gasteiger charge is -2.41. The first kappa shape index (κ1) is 16.2. The number of anilines is 1. The van der Waals surface area contributed by atoms with Crippen molar-refractivity contribution < 1.29 is 9.47 Å². The van der Waals surface area contributed by atoms with Gasteiger partial charge < -0.3 is 14.8 Å². The van der Waals surface area contributed by atoms with Gasteiger partial charge in [0.2, 0.25) is 0 Å². The Morgan fingerprint density at radius 2 is 1.88 bits per heavy atom. The molecule has 2 fully saturated rings. The molecule has 26 heavy (non-hydrogen) atoms. The van der Waals surface area contributed by atoms with Gasteiger partial charge in [-0.15, -0.1) is 0 Å². The van der Waals surface area contributed by atoms with E-state index >= 15 is 0 Å². The highest BCUT2D eigenvalue weighted by atomic mass is 16.5. The molecule has 2 aliphatic heterocycles. The van der Waals surface area contributed by atoms with E-state index in [-0.39, 0.29) is 11.6 Å². The van der Waals surface area contributed by atoms with E-state index in [2.05, 4.69) is 47.8 Å². The summed E-state index contributed by atoms with van der Waals surface area (Å²) in [5.41, 5.74) is 4.01. The Morgan fingerprint density at radius 1 is 1.08 bits per heavy atom. The molecule has 1 unspecified atom stereocenters. The number of rotatable bonds is 2. The summed E-state index contributed by atoms with van der Waals surface area (Å²) in [6, 6.07) is 17.5. The Hall–Kier alpha value is -2.00. The molecule has 0 aromatic heterocycles. The lowest BCUT2D eigenvalue weighted by molar-refractivity contribution is -0.0162. The van der Waals surface area contributed by atoms with E-state index in [1.165, 1.54) is 42.5 Å². The zero-order valence-corrected chi connectivity index (χ0v) is 15.5. The van der Waals surface area contributed by atoms with Gasteiger partial charge in [-0.3, -0.25) is 0 Å². The van der Waals surface area contributed by atoms with Gasteiger partial charge in [-0.1, -0.05) is 43.2 Å². The van der Waals surface area contributed by atoms with Crippen molar-refractivity contribution in [2.45, 2.75) is 50.2 Å².